The third kappa shape index (κ3) is 3.22. The van der Waals surface area contributed by atoms with Gasteiger partial charge in [0.15, 0.2) is 0 Å². The molecule has 5 nitrogen and oxygen atoms in total. The Labute approximate surface area is 111 Å². The predicted molar refractivity (Wildman–Crippen MR) is 75.6 cm³/mol. The van der Waals surface area contributed by atoms with E-state index in [9.17, 15) is 4.79 Å². The molecule has 1 heterocycles. The molecule has 0 saturated carbocycles. The van der Waals surface area contributed by atoms with E-state index in [1.165, 1.54) is 0 Å². The molecule has 0 aliphatic rings. The Morgan fingerprint density at radius 2 is 1.95 bits per heavy atom. The number of amides is 1. The highest BCUT2D eigenvalue weighted by Gasteiger charge is 2.07. The predicted octanol–water partition coefficient (Wildman–Crippen LogP) is 1.94. The fourth-order valence-corrected chi connectivity index (χ4v) is 1.75. The molecule has 1 atom stereocenters. The molecular weight excluding hydrogens is 240 g/mol. The number of pyridine rings is 1. The van der Waals surface area contributed by atoms with Crippen LogP contribution in [0.15, 0.2) is 42.6 Å². The van der Waals surface area contributed by atoms with Crippen molar-refractivity contribution >= 4 is 17.4 Å². The third-order valence-corrected chi connectivity index (χ3v) is 2.85. The molecule has 2 rings (SSSR count). The van der Waals surface area contributed by atoms with Crippen molar-refractivity contribution in [3.05, 3.63) is 53.7 Å². The number of nitrogens with one attached hydrogen (secondary N) is 1. The number of aromatic nitrogens is 1. The van der Waals surface area contributed by atoms with Crippen LogP contribution in [0.1, 0.15) is 28.9 Å². The first-order valence-electron chi connectivity index (χ1n) is 5.94. The van der Waals surface area contributed by atoms with Gasteiger partial charge in [-0.25, -0.2) is 4.98 Å². The SMILES string of the molecule is CC(Nc1cc(C(N)=O)ccn1)c1ccc(N)cc1. The van der Waals surface area contributed by atoms with Crippen LogP contribution in [-0.2, 0) is 0 Å². The minimum atomic E-state index is -0.467. The van der Waals surface area contributed by atoms with Gasteiger partial charge in [0.05, 0.1) is 0 Å². The molecule has 0 radical (unpaired) electrons. The van der Waals surface area contributed by atoms with Crippen molar-refractivity contribution in [1.82, 2.24) is 4.98 Å². The minimum absolute atomic E-state index is 0.0521. The van der Waals surface area contributed by atoms with Crippen molar-refractivity contribution < 1.29 is 4.79 Å². The molecule has 5 N–H and O–H groups in total. The van der Waals surface area contributed by atoms with Crippen LogP contribution in [0.3, 0.4) is 0 Å². The van der Waals surface area contributed by atoms with Gasteiger partial charge in [-0.1, -0.05) is 12.1 Å². The lowest BCUT2D eigenvalue weighted by Gasteiger charge is -2.15. The number of primary amides is 1. The van der Waals surface area contributed by atoms with Gasteiger partial charge in [-0.15, -0.1) is 0 Å². The minimum Gasteiger partial charge on any atom is -0.399 e. The van der Waals surface area contributed by atoms with Crippen LogP contribution in [0, 0.1) is 0 Å². The van der Waals surface area contributed by atoms with E-state index in [1.54, 1.807) is 18.3 Å². The summed E-state index contributed by atoms with van der Waals surface area (Å²) >= 11 is 0. The Balaban J connectivity index is 2.14. The number of carbonyl (C=O) groups is 1. The molecule has 0 saturated heterocycles. The number of hydrogen-bond acceptors (Lipinski definition) is 4. The van der Waals surface area contributed by atoms with Gasteiger partial charge < -0.3 is 16.8 Å². The summed E-state index contributed by atoms with van der Waals surface area (Å²) in [6.07, 6.45) is 1.55. The number of nitrogens with zero attached hydrogens (tertiary/aromatic N) is 1. The zero-order valence-corrected chi connectivity index (χ0v) is 10.6. The van der Waals surface area contributed by atoms with Crippen LogP contribution in [0.25, 0.3) is 0 Å². The van der Waals surface area contributed by atoms with Crippen molar-refractivity contribution in [3.63, 3.8) is 0 Å². The molecule has 0 bridgehead atoms. The number of hydrogen-bond donors (Lipinski definition) is 3. The van der Waals surface area contributed by atoms with Crippen LogP contribution < -0.4 is 16.8 Å². The molecule has 2 aromatic rings. The Bertz CT molecular complexity index is 580. The van der Waals surface area contributed by atoms with Gasteiger partial charge in [-0.3, -0.25) is 4.79 Å². The molecule has 1 aromatic heterocycles. The second-order valence-electron chi connectivity index (χ2n) is 4.33. The number of carbonyl (C=O) groups excluding carboxylic acids is 1. The maximum absolute atomic E-state index is 11.1. The van der Waals surface area contributed by atoms with Crippen molar-refractivity contribution in [2.45, 2.75) is 13.0 Å². The lowest BCUT2D eigenvalue weighted by molar-refractivity contribution is 0.1000. The van der Waals surface area contributed by atoms with Crippen molar-refractivity contribution in [1.29, 1.82) is 0 Å². The molecule has 1 unspecified atom stereocenters. The molecule has 0 aliphatic carbocycles. The maximum Gasteiger partial charge on any atom is 0.248 e. The highest BCUT2D eigenvalue weighted by Crippen LogP contribution is 2.19. The molecule has 1 amide bonds. The summed E-state index contributed by atoms with van der Waals surface area (Å²) in [6.45, 7) is 2.00. The number of nitrogens with two attached hydrogens (primary N) is 2. The second kappa shape index (κ2) is 5.39. The van der Waals surface area contributed by atoms with Gasteiger partial charge >= 0.3 is 0 Å². The van der Waals surface area contributed by atoms with Crippen LogP contribution in [0.2, 0.25) is 0 Å². The highest BCUT2D eigenvalue weighted by molar-refractivity contribution is 5.93. The van der Waals surface area contributed by atoms with E-state index in [0.717, 1.165) is 11.3 Å². The summed E-state index contributed by atoms with van der Waals surface area (Å²) in [5.41, 5.74) is 13.1. The number of anilines is 2. The number of rotatable bonds is 4. The fraction of sp³-hybridized carbons (Fsp3) is 0.143. The number of benzene rings is 1. The lowest BCUT2D eigenvalue weighted by Crippen LogP contribution is -2.13. The standard InChI is InChI=1S/C14H16N4O/c1-9(10-2-4-12(15)5-3-10)18-13-8-11(14(16)19)6-7-17-13/h2-9H,15H2,1H3,(H2,16,19)(H,17,18). The Kier molecular flexibility index (Phi) is 3.66. The van der Waals surface area contributed by atoms with Crippen molar-refractivity contribution in [2.75, 3.05) is 11.1 Å². The molecule has 5 heteroatoms. The number of nitrogen functional groups attached to an aromatic ring is 1. The zero-order valence-electron chi connectivity index (χ0n) is 10.6. The van der Waals surface area contributed by atoms with E-state index in [2.05, 4.69) is 10.3 Å². The average molecular weight is 256 g/mol. The Morgan fingerprint density at radius 1 is 1.26 bits per heavy atom. The molecule has 0 spiro atoms. The summed E-state index contributed by atoms with van der Waals surface area (Å²) in [5.74, 6) is 0.145. The van der Waals surface area contributed by atoms with E-state index < -0.39 is 5.91 Å². The Hall–Kier alpha value is -2.56. The molecule has 1 aromatic carbocycles. The first kappa shape index (κ1) is 12.9. The van der Waals surface area contributed by atoms with Crippen LogP contribution >= 0.6 is 0 Å². The monoisotopic (exact) mass is 256 g/mol. The quantitative estimate of drug-likeness (QED) is 0.728. The van der Waals surface area contributed by atoms with E-state index in [1.807, 2.05) is 31.2 Å². The average Bonchev–Trinajstić information content (AvgIpc) is 2.39. The largest absolute Gasteiger partial charge is 0.399 e. The van der Waals surface area contributed by atoms with Crippen molar-refractivity contribution in [3.8, 4) is 0 Å². The first-order valence-corrected chi connectivity index (χ1v) is 5.94. The van der Waals surface area contributed by atoms with Gasteiger partial charge in [0.2, 0.25) is 5.91 Å². The highest BCUT2D eigenvalue weighted by atomic mass is 16.1. The van der Waals surface area contributed by atoms with Gasteiger partial charge in [-0.05, 0) is 36.8 Å². The molecule has 0 aliphatic heterocycles. The van der Waals surface area contributed by atoms with E-state index in [0.29, 0.717) is 11.4 Å². The van der Waals surface area contributed by atoms with Crippen molar-refractivity contribution in [2.24, 2.45) is 5.73 Å². The smallest absolute Gasteiger partial charge is 0.248 e. The van der Waals surface area contributed by atoms with Crippen LogP contribution in [0.5, 0.6) is 0 Å². The van der Waals surface area contributed by atoms with E-state index in [-0.39, 0.29) is 6.04 Å². The lowest BCUT2D eigenvalue weighted by atomic mass is 10.1. The summed E-state index contributed by atoms with van der Waals surface area (Å²) < 4.78 is 0. The summed E-state index contributed by atoms with van der Waals surface area (Å²) in [5, 5.41) is 3.21. The van der Waals surface area contributed by atoms with Gasteiger partial charge in [-0.2, -0.15) is 0 Å². The van der Waals surface area contributed by atoms with E-state index >= 15 is 0 Å². The topological polar surface area (TPSA) is 94.0 Å². The second-order valence-corrected chi connectivity index (χ2v) is 4.33. The maximum atomic E-state index is 11.1. The summed E-state index contributed by atoms with van der Waals surface area (Å²) in [6, 6.07) is 10.9. The molecular formula is C14H16N4O. The van der Waals surface area contributed by atoms with Crippen LogP contribution in [0.4, 0.5) is 11.5 Å². The van der Waals surface area contributed by atoms with Crippen LogP contribution in [-0.4, -0.2) is 10.9 Å². The Morgan fingerprint density at radius 3 is 2.58 bits per heavy atom. The van der Waals surface area contributed by atoms with Gasteiger partial charge in [0.1, 0.15) is 5.82 Å². The van der Waals surface area contributed by atoms with Gasteiger partial charge in [0, 0.05) is 23.5 Å². The first-order chi connectivity index (χ1) is 9.06. The zero-order chi connectivity index (χ0) is 13.8. The molecule has 98 valence electrons. The molecule has 19 heavy (non-hydrogen) atoms. The third-order valence-electron chi connectivity index (χ3n) is 2.85. The molecule has 0 fully saturated rings. The fourth-order valence-electron chi connectivity index (χ4n) is 1.75. The summed E-state index contributed by atoms with van der Waals surface area (Å²) in [4.78, 5) is 15.3. The summed E-state index contributed by atoms with van der Waals surface area (Å²) in [7, 11) is 0. The van der Waals surface area contributed by atoms with E-state index in [4.69, 9.17) is 11.5 Å². The normalized spacial score (nSPS) is 11.8. The van der Waals surface area contributed by atoms with Gasteiger partial charge in [0.25, 0.3) is 0 Å².